The minimum atomic E-state index is -0.282. The molecule has 0 spiro atoms. The molecule has 0 aliphatic rings. The summed E-state index contributed by atoms with van der Waals surface area (Å²) in [5.41, 5.74) is 6.12. The third-order valence-electron chi connectivity index (χ3n) is 2.47. The summed E-state index contributed by atoms with van der Waals surface area (Å²) in [4.78, 5) is 24.7. The number of nitrogen functional groups attached to an aromatic ring is 1. The molecule has 1 aromatic heterocycles. The quantitative estimate of drug-likeness (QED) is 0.655. The number of carbonyl (C=O) groups excluding carboxylic acids is 2. The number of nitrogens with two attached hydrogens (primary N) is 1. The molecule has 0 aliphatic carbocycles. The summed E-state index contributed by atoms with van der Waals surface area (Å²) in [7, 11) is 3.18. The Labute approximate surface area is 99.4 Å². The van der Waals surface area contributed by atoms with Gasteiger partial charge in [0.05, 0.1) is 17.8 Å². The molecule has 4 N–H and O–H groups in total. The normalized spacial score (nSPS) is 11.9. The minimum Gasteiger partial charge on any atom is -0.396 e. The van der Waals surface area contributed by atoms with Crippen molar-refractivity contribution < 1.29 is 9.59 Å². The Hall–Kier alpha value is -2.05. The van der Waals surface area contributed by atoms with Gasteiger partial charge in [-0.25, -0.2) is 0 Å². The largest absolute Gasteiger partial charge is 0.396 e. The minimum absolute atomic E-state index is 0.109. The van der Waals surface area contributed by atoms with E-state index in [4.69, 9.17) is 5.73 Å². The molecular formula is C10H17N5O2. The van der Waals surface area contributed by atoms with Gasteiger partial charge in [0, 0.05) is 20.6 Å². The lowest BCUT2D eigenvalue weighted by molar-refractivity contribution is -0.124. The summed E-state index contributed by atoms with van der Waals surface area (Å²) in [6, 6.07) is 0. The van der Waals surface area contributed by atoms with Crippen molar-refractivity contribution in [3.8, 4) is 0 Å². The molecule has 0 aromatic carbocycles. The van der Waals surface area contributed by atoms with E-state index in [1.54, 1.807) is 21.0 Å². The highest BCUT2D eigenvalue weighted by molar-refractivity contribution is 5.97. The molecule has 1 rings (SSSR count). The smallest absolute Gasteiger partial charge is 0.273 e. The maximum atomic E-state index is 11.9. The van der Waals surface area contributed by atoms with Crippen LogP contribution in [0.1, 0.15) is 17.4 Å². The zero-order valence-corrected chi connectivity index (χ0v) is 10.2. The Morgan fingerprint density at radius 3 is 2.76 bits per heavy atom. The number of rotatable bonds is 4. The molecule has 94 valence electrons. The van der Waals surface area contributed by atoms with Gasteiger partial charge in [-0.3, -0.25) is 14.7 Å². The number of nitrogens with zero attached hydrogens (tertiary/aromatic N) is 2. The highest BCUT2D eigenvalue weighted by atomic mass is 16.2. The molecule has 2 amide bonds. The van der Waals surface area contributed by atoms with E-state index < -0.39 is 0 Å². The average molecular weight is 239 g/mol. The van der Waals surface area contributed by atoms with E-state index in [0.717, 1.165) is 0 Å². The summed E-state index contributed by atoms with van der Waals surface area (Å²) >= 11 is 0. The van der Waals surface area contributed by atoms with Gasteiger partial charge in [0.1, 0.15) is 5.69 Å². The van der Waals surface area contributed by atoms with Crippen molar-refractivity contribution in [3.63, 3.8) is 0 Å². The second-order valence-electron chi connectivity index (χ2n) is 3.90. The van der Waals surface area contributed by atoms with Crippen LogP contribution in [0.2, 0.25) is 0 Å². The number of aromatic amines is 1. The topological polar surface area (TPSA) is 104 Å². The van der Waals surface area contributed by atoms with E-state index in [0.29, 0.717) is 12.2 Å². The Balaban J connectivity index is 2.65. The first kappa shape index (κ1) is 13.0. The van der Waals surface area contributed by atoms with Crippen LogP contribution in [0, 0.1) is 5.92 Å². The number of nitrogens with one attached hydrogen (secondary N) is 2. The molecule has 0 saturated carbocycles. The fourth-order valence-electron chi connectivity index (χ4n) is 1.48. The van der Waals surface area contributed by atoms with Crippen LogP contribution in [-0.2, 0) is 4.79 Å². The first-order valence-electron chi connectivity index (χ1n) is 5.23. The molecule has 0 bridgehead atoms. The monoisotopic (exact) mass is 239 g/mol. The second kappa shape index (κ2) is 5.33. The fraction of sp³-hybridized carbons (Fsp3) is 0.500. The Bertz CT molecular complexity index is 415. The lowest BCUT2D eigenvalue weighted by Gasteiger charge is -2.20. The van der Waals surface area contributed by atoms with Crippen molar-refractivity contribution >= 4 is 17.5 Å². The molecule has 0 aliphatic heterocycles. The molecule has 7 heteroatoms. The number of carbonyl (C=O) groups is 2. The highest BCUT2D eigenvalue weighted by Crippen LogP contribution is 2.10. The molecule has 7 nitrogen and oxygen atoms in total. The van der Waals surface area contributed by atoms with E-state index >= 15 is 0 Å². The average Bonchev–Trinajstić information content (AvgIpc) is 2.73. The van der Waals surface area contributed by atoms with Crippen molar-refractivity contribution in [3.05, 3.63) is 11.9 Å². The van der Waals surface area contributed by atoms with E-state index in [2.05, 4.69) is 15.5 Å². The van der Waals surface area contributed by atoms with Crippen molar-refractivity contribution in [2.45, 2.75) is 6.92 Å². The van der Waals surface area contributed by atoms with Gasteiger partial charge in [0.25, 0.3) is 5.91 Å². The summed E-state index contributed by atoms with van der Waals surface area (Å²) in [5.74, 6) is -0.670. The zero-order chi connectivity index (χ0) is 13.0. The predicted molar refractivity (Wildman–Crippen MR) is 63.2 cm³/mol. The van der Waals surface area contributed by atoms with Gasteiger partial charge in [-0.1, -0.05) is 6.92 Å². The van der Waals surface area contributed by atoms with Crippen LogP contribution in [0.4, 0.5) is 5.69 Å². The van der Waals surface area contributed by atoms with Crippen molar-refractivity contribution in [2.24, 2.45) is 5.92 Å². The van der Waals surface area contributed by atoms with Gasteiger partial charge in [-0.2, -0.15) is 5.10 Å². The van der Waals surface area contributed by atoms with Crippen molar-refractivity contribution in [1.82, 2.24) is 20.4 Å². The summed E-state index contributed by atoms with van der Waals surface area (Å²) in [5, 5.41) is 8.75. The molecule has 1 aromatic rings. The van der Waals surface area contributed by atoms with Gasteiger partial charge in [-0.15, -0.1) is 0 Å². The Morgan fingerprint density at radius 1 is 1.65 bits per heavy atom. The Kier molecular flexibility index (Phi) is 4.08. The zero-order valence-electron chi connectivity index (χ0n) is 10.2. The van der Waals surface area contributed by atoms with E-state index in [-0.39, 0.29) is 23.4 Å². The molecular weight excluding hydrogens is 222 g/mol. The molecule has 17 heavy (non-hydrogen) atoms. The van der Waals surface area contributed by atoms with Crippen LogP contribution in [0.5, 0.6) is 0 Å². The molecule has 0 radical (unpaired) electrons. The maximum Gasteiger partial charge on any atom is 0.273 e. The predicted octanol–water partition coefficient (Wildman–Crippen LogP) is -0.554. The second-order valence-corrected chi connectivity index (χ2v) is 3.90. The highest BCUT2D eigenvalue weighted by Gasteiger charge is 2.20. The summed E-state index contributed by atoms with van der Waals surface area (Å²) < 4.78 is 0. The number of anilines is 1. The molecule has 0 saturated heterocycles. The fourth-order valence-corrected chi connectivity index (χ4v) is 1.48. The van der Waals surface area contributed by atoms with Gasteiger partial charge < -0.3 is 16.0 Å². The number of hydrogen-bond donors (Lipinski definition) is 3. The third kappa shape index (κ3) is 2.96. The standard InChI is InChI=1S/C10H17N5O2/c1-6(9(16)12-2)5-15(3)10(17)8-7(11)4-13-14-8/h4,6H,5,11H2,1-3H3,(H,12,16)(H,13,14). The van der Waals surface area contributed by atoms with Gasteiger partial charge in [0.15, 0.2) is 0 Å². The van der Waals surface area contributed by atoms with Crippen LogP contribution in [0.3, 0.4) is 0 Å². The van der Waals surface area contributed by atoms with Gasteiger partial charge in [-0.05, 0) is 0 Å². The van der Waals surface area contributed by atoms with E-state index in [9.17, 15) is 9.59 Å². The first-order chi connectivity index (χ1) is 7.97. The van der Waals surface area contributed by atoms with Crippen LogP contribution >= 0.6 is 0 Å². The Morgan fingerprint density at radius 2 is 2.29 bits per heavy atom. The SMILES string of the molecule is CNC(=O)C(C)CN(C)C(=O)c1[nH]ncc1N. The lowest BCUT2D eigenvalue weighted by atomic mass is 10.1. The van der Waals surface area contributed by atoms with Crippen LogP contribution < -0.4 is 11.1 Å². The molecule has 1 unspecified atom stereocenters. The third-order valence-corrected chi connectivity index (χ3v) is 2.47. The number of hydrogen-bond acceptors (Lipinski definition) is 4. The van der Waals surface area contributed by atoms with E-state index in [1.165, 1.54) is 11.1 Å². The van der Waals surface area contributed by atoms with Crippen LogP contribution in [0.25, 0.3) is 0 Å². The van der Waals surface area contributed by atoms with Crippen LogP contribution in [-0.4, -0.2) is 47.6 Å². The summed E-state index contributed by atoms with van der Waals surface area (Å²) in [6.07, 6.45) is 1.38. The van der Waals surface area contributed by atoms with E-state index in [1.807, 2.05) is 0 Å². The van der Waals surface area contributed by atoms with Crippen LogP contribution in [0.15, 0.2) is 6.20 Å². The molecule has 0 fully saturated rings. The number of aromatic nitrogens is 2. The molecule has 1 atom stereocenters. The molecule has 1 heterocycles. The maximum absolute atomic E-state index is 11.9. The van der Waals surface area contributed by atoms with Crippen molar-refractivity contribution in [1.29, 1.82) is 0 Å². The van der Waals surface area contributed by atoms with Gasteiger partial charge >= 0.3 is 0 Å². The lowest BCUT2D eigenvalue weighted by Crippen LogP contribution is -2.37. The first-order valence-corrected chi connectivity index (χ1v) is 5.23. The summed E-state index contributed by atoms with van der Waals surface area (Å²) in [6.45, 7) is 2.07. The number of H-pyrrole nitrogens is 1. The number of amides is 2. The van der Waals surface area contributed by atoms with Gasteiger partial charge in [0.2, 0.25) is 5.91 Å². The van der Waals surface area contributed by atoms with Crippen molar-refractivity contribution in [2.75, 3.05) is 26.4 Å².